The van der Waals surface area contributed by atoms with Gasteiger partial charge >= 0.3 is 0 Å². The van der Waals surface area contributed by atoms with E-state index in [9.17, 15) is 4.79 Å². The second-order valence-electron chi connectivity index (χ2n) is 7.70. The Bertz CT molecular complexity index is 1280. The van der Waals surface area contributed by atoms with Crippen molar-refractivity contribution in [1.29, 1.82) is 0 Å². The maximum absolute atomic E-state index is 12.6. The average molecular weight is 438 g/mol. The van der Waals surface area contributed by atoms with Crippen LogP contribution < -0.4 is 15.4 Å². The van der Waals surface area contributed by atoms with Gasteiger partial charge in [-0.15, -0.1) is 5.10 Å². The van der Waals surface area contributed by atoms with Crippen LogP contribution in [0.15, 0.2) is 91.0 Å². The van der Waals surface area contributed by atoms with Crippen molar-refractivity contribution in [3.05, 3.63) is 108 Å². The van der Waals surface area contributed by atoms with Gasteiger partial charge in [-0.25, -0.2) is 4.68 Å². The second-order valence-corrected chi connectivity index (χ2v) is 7.70. The number of anilines is 2. The molecule has 0 spiro atoms. The number of rotatable bonds is 6. The highest BCUT2D eigenvalue weighted by molar-refractivity contribution is 5.91. The molecule has 5 rings (SSSR count). The van der Waals surface area contributed by atoms with E-state index in [-0.39, 0.29) is 24.3 Å². The fraction of sp³-hybridized carbons (Fsp3) is 0.115. The number of hydrogen-bond donors (Lipinski definition) is 2. The van der Waals surface area contributed by atoms with Gasteiger partial charge in [0, 0.05) is 5.70 Å². The van der Waals surface area contributed by atoms with Crippen LogP contribution in [0.4, 0.5) is 11.9 Å². The smallest absolute Gasteiger partial charge is 0.250 e. The fourth-order valence-electron chi connectivity index (χ4n) is 3.82. The average Bonchev–Trinajstić information content (AvgIpc) is 3.26. The van der Waals surface area contributed by atoms with Gasteiger partial charge in [-0.05, 0) is 34.9 Å². The summed E-state index contributed by atoms with van der Waals surface area (Å²) in [5, 5.41) is 10.8. The van der Waals surface area contributed by atoms with E-state index >= 15 is 0 Å². The lowest BCUT2D eigenvalue weighted by Crippen LogP contribution is -2.20. The van der Waals surface area contributed by atoms with Gasteiger partial charge in [-0.3, -0.25) is 10.1 Å². The number of carbonyl (C=O) groups excluding carboxylic acids is 1. The van der Waals surface area contributed by atoms with E-state index in [4.69, 9.17) is 4.74 Å². The van der Waals surface area contributed by atoms with Crippen LogP contribution in [0.5, 0.6) is 5.75 Å². The van der Waals surface area contributed by atoms with Crippen molar-refractivity contribution in [1.82, 2.24) is 14.8 Å². The molecule has 1 aromatic heterocycles. The number of allylic oxidation sites excluding steroid dienone is 1. The van der Waals surface area contributed by atoms with Gasteiger partial charge in [0.15, 0.2) is 0 Å². The molecule has 0 bridgehead atoms. The normalized spacial score (nSPS) is 14.6. The Morgan fingerprint density at radius 3 is 2.39 bits per heavy atom. The van der Waals surface area contributed by atoms with E-state index in [0.29, 0.717) is 5.95 Å². The van der Waals surface area contributed by atoms with Crippen LogP contribution >= 0.6 is 0 Å². The van der Waals surface area contributed by atoms with Crippen molar-refractivity contribution in [2.45, 2.75) is 12.5 Å². The van der Waals surface area contributed by atoms with E-state index in [1.165, 1.54) is 0 Å². The van der Waals surface area contributed by atoms with Gasteiger partial charge in [0.1, 0.15) is 11.8 Å². The molecule has 0 aliphatic carbocycles. The summed E-state index contributed by atoms with van der Waals surface area (Å²) in [5.41, 5.74) is 3.93. The molecule has 33 heavy (non-hydrogen) atoms. The summed E-state index contributed by atoms with van der Waals surface area (Å²) in [6, 6.07) is 27.3. The minimum absolute atomic E-state index is 0.165. The molecular weight excluding hydrogens is 414 g/mol. The fourth-order valence-corrected chi connectivity index (χ4v) is 3.82. The lowest BCUT2D eigenvalue weighted by atomic mass is 10.0. The number of nitrogens with zero attached hydrogens (tertiary/aromatic N) is 3. The topological polar surface area (TPSA) is 81.1 Å². The zero-order valence-electron chi connectivity index (χ0n) is 18.1. The molecule has 1 amide bonds. The van der Waals surface area contributed by atoms with Crippen LogP contribution in [0.3, 0.4) is 0 Å². The number of amides is 1. The highest BCUT2D eigenvalue weighted by Gasteiger charge is 2.26. The molecular formula is C26H23N5O2. The van der Waals surface area contributed by atoms with Crippen LogP contribution in [0.1, 0.15) is 22.7 Å². The molecule has 1 aliphatic heterocycles. The van der Waals surface area contributed by atoms with Crippen LogP contribution in [-0.4, -0.2) is 27.8 Å². The molecule has 164 valence electrons. The maximum Gasteiger partial charge on any atom is 0.250 e. The van der Waals surface area contributed by atoms with Crippen LogP contribution in [0.2, 0.25) is 0 Å². The molecule has 1 atom stereocenters. The van der Waals surface area contributed by atoms with E-state index in [1.54, 1.807) is 11.8 Å². The third-order valence-electron chi connectivity index (χ3n) is 5.47. The molecule has 1 aliphatic rings. The lowest BCUT2D eigenvalue weighted by Gasteiger charge is -2.24. The van der Waals surface area contributed by atoms with Crippen LogP contribution in [0, 0.1) is 0 Å². The Kier molecular flexibility index (Phi) is 5.59. The number of ether oxygens (including phenoxy) is 1. The number of aromatic nitrogens is 3. The minimum Gasteiger partial charge on any atom is -0.497 e. The van der Waals surface area contributed by atoms with Gasteiger partial charge in [0.2, 0.25) is 11.9 Å². The van der Waals surface area contributed by atoms with E-state index < -0.39 is 0 Å². The Morgan fingerprint density at radius 1 is 1.00 bits per heavy atom. The number of benzene rings is 3. The van der Waals surface area contributed by atoms with Gasteiger partial charge < -0.3 is 10.1 Å². The number of nitrogens with one attached hydrogen (secondary N) is 2. The highest BCUT2D eigenvalue weighted by atomic mass is 16.5. The zero-order valence-corrected chi connectivity index (χ0v) is 18.1. The Hall–Kier alpha value is -4.39. The van der Waals surface area contributed by atoms with E-state index in [2.05, 4.69) is 26.8 Å². The Balaban J connectivity index is 1.45. The Morgan fingerprint density at radius 2 is 1.70 bits per heavy atom. The molecule has 1 unspecified atom stereocenters. The molecule has 2 N–H and O–H groups in total. The molecule has 3 aromatic carbocycles. The van der Waals surface area contributed by atoms with E-state index in [0.717, 1.165) is 28.1 Å². The molecule has 7 nitrogen and oxygen atoms in total. The SMILES string of the molecule is COc1ccc(C2C=C(c3ccccc3)Nc3nc(NC(=O)Cc4ccccc4)nn32)cc1. The van der Waals surface area contributed by atoms with E-state index in [1.807, 2.05) is 84.9 Å². The van der Waals surface area contributed by atoms with Crippen molar-refractivity contribution < 1.29 is 9.53 Å². The summed E-state index contributed by atoms with van der Waals surface area (Å²) in [6.07, 6.45) is 2.36. The molecule has 7 heteroatoms. The first kappa shape index (κ1) is 20.5. The summed E-state index contributed by atoms with van der Waals surface area (Å²) in [5.74, 6) is 1.45. The molecule has 0 fully saturated rings. The maximum atomic E-state index is 12.6. The summed E-state index contributed by atoms with van der Waals surface area (Å²) < 4.78 is 7.09. The van der Waals surface area contributed by atoms with Gasteiger partial charge in [-0.1, -0.05) is 72.8 Å². The summed E-state index contributed by atoms with van der Waals surface area (Å²) in [6.45, 7) is 0. The van der Waals surface area contributed by atoms with Gasteiger partial charge in [-0.2, -0.15) is 4.98 Å². The van der Waals surface area contributed by atoms with Crippen LogP contribution in [0.25, 0.3) is 5.70 Å². The minimum atomic E-state index is -0.199. The highest BCUT2D eigenvalue weighted by Crippen LogP contribution is 2.33. The lowest BCUT2D eigenvalue weighted by molar-refractivity contribution is -0.115. The first-order valence-corrected chi connectivity index (χ1v) is 10.7. The first-order valence-electron chi connectivity index (χ1n) is 10.7. The predicted octanol–water partition coefficient (Wildman–Crippen LogP) is 4.52. The summed E-state index contributed by atoms with van der Waals surface area (Å²) in [7, 11) is 1.65. The quantitative estimate of drug-likeness (QED) is 0.463. The third kappa shape index (κ3) is 4.48. The number of hydrogen-bond acceptors (Lipinski definition) is 5. The van der Waals surface area contributed by atoms with Gasteiger partial charge in [0.25, 0.3) is 5.95 Å². The zero-order chi connectivity index (χ0) is 22.6. The first-order chi connectivity index (χ1) is 16.2. The van der Waals surface area contributed by atoms with Gasteiger partial charge in [0.05, 0.1) is 13.5 Å². The summed E-state index contributed by atoms with van der Waals surface area (Å²) >= 11 is 0. The van der Waals surface area contributed by atoms with Crippen LogP contribution in [-0.2, 0) is 11.2 Å². The number of methoxy groups -OCH3 is 1. The monoisotopic (exact) mass is 437 g/mol. The van der Waals surface area contributed by atoms with Crippen molar-refractivity contribution >= 4 is 23.5 Å². The molecule has 2 heterocycles. The predicted molar refractivity (Wildman–Crippen MR) is 128 cm³/mol. The standard InChI is InChI=1S/C26H23N5O2/c1-33-21-14-12-20(13-15-21)23-17-22(19-10-6-3-7-11-19)27-26-29-25(30-31(23)26)28-24(32)16-18-8-4-2-5-9-18/h2-15,17,23H,16H2,1H3,(H2,27,28,29,30,32). The molecule has 0 radical (unpaired) electrons. The molecule has 0 saturated carbocycles. The van der Waals surface area contributed by atoms with Crippen molar-refractivity contribution in [3.8, 4) is 5.75 Å². The largest absolute Gasteiger partial charge is 0.497 e. The Labute approximate surface area is 191 Å². The molecule has 4 aromatic rings. The second kappa shape index (κ2) is 9.00. The third-order valence-corrected chi connectivity index (χ3v) is 5.47. The number of carbonyl (C=O) groups is 1. The van der Waals surface area contributed by atoms with Crippen molar-refractivity contribution in [2.75, 3.05) is 17.7 Å². The van der Waals surface area contributed by atoms with Crippen molar-refractivity contribution in [2.24, 2.45) is 0 Å². The number of fused-ring (bicyclic) bond motifs is 1. The van der Waals surface area contributed by atoms with Crippen molar-refractivity contribution in [3.63, 3.8) is 0 Å². The summed E-state index contributed by atoms with van der Waals surface area (Å²) in [4.78, 5) is 17.1. The molecule has 0 saturated heterocycles.